The van der Waals surface area contributed by atoms with E-state index in [0.717, 1.165) is 26.4 Å². The third-order valence-electron chi connectivity index (χ3n) is 8.98. The molecule has 1 radical (unpaired) electrons. The topological polar surface area (TPSA) is 9.23 Å². The van der Waals surface area contributed by atoms with Crippen molar-refractivity contribution in [2.75, 3.05) is 0 Å². The first-order valence-corrected chi connectivity index (χ1v) is 19.3. The van der Waals surface area contributed by atoms with Gasteiger partial charge in [-0.1, -0.05) is 54.6 Å². The first-order chi connectivity index (χ1) is 12.0. The first kappa shape index (κ1) is 22.0. The molecule has 0 spiro atoms. The maximum atomic E-state index is 7.32. The molecule has 1 nitrogen and oxygen atoms in total. The zero-order valence-electron chi connectivity index (χ0n) is 19.9. The van der Waals surface area contributed by atoms with Crippen LogP contribution < -0.4 is 0 Å². The standard InChI is InChI=1S/C23H45OSi3/c1-21(2,3)26(7,8)24-20(25-27(9,10)22(4,5)6)23-14-17-11-18(15-23)13-19(12-17)16-23/h17-19H,11-16H2,1-10H3. The Hall–Kier alpha value is 0.321. The molecule has 4 bridgehead atoms. The molecule has 4 heteroatoms. The highest BCUT2D eigenvalue weighted by Crippen LogP contribution is 2.61. The molecule has 4 saturated carbocycles. The third kappa shape index (κ3) is 4.14. The maximum absolute atomic E-state index is 7.32. The summed E-state index contributed by atoms with van der Waals surface area (Å²) in [6, 6.07) is 0. The SMILES string of the molecule is CC(C)(C)[Si](C)(C)OC(=[Si][Si](C)(C)C(C)(C)C)C12CC3CC(CC(C3)C1)C2. The number of hydrogen-bond donors (Lipinski definition) is 0. The van der Waals surface area contributed by atoms with Crippen LogP contribution in [0.1, 0.15) is 80.1 Å². The smallest absolute Gasteiger partial charge is 0.249 e. The van der Waals surface area contributed by atoms with Crippen LogP contribution in [0.4, 0.5) is 0 Å². The molecule has 0 aromatic heterocycles. The summed E-state index contributed by atoms with van der Waals surface area (Å²) >= 11 is 0. The van der Waals surface area contributed by atoms with Crippen LogP contribution in [0, 0.1) is 23.2 Å². The molecule has 0 aliphatic heterocycles. The van der Waals surface area contributed by atoms with Crippen molar-refractivity contribution in [1.29, 1.82) is 0 Å². The second-order valence-corrected chi connectivity index (χ2v) is 28.1. The Balaban J connectivity index is 2.03. The molecule has 27 heavy (non-hydrogen) atoms. The Morgan fingerprint density at radius 2 is 1.19 bits per heavy atom. The number of hydrogen-bond acceptors (Lipinski definition) is 1. The molecule has 4 fully saturated rings. The van der Waals surface area contributed by atoms with E-state index in [0.29, 0.717) is 15.5 Å². The zero-order chi connectivity index (χ0) is 20.5. The average molecular weight is 422 g/mol. The zero-order valence-corrected chi connectivity index (χ0v) is 22.9. The maximum Gasteiger partial charge on any atom is 0.249 e. The number of rotatable bonds is 4. The quantitative estimate of drug-likeness (QED) is 0.441. The van der Waals surface area contributed by atoms with Crippen LogP contribution in [0.2, 0.25) is 36.3 Å². The second kappa shape index (κ2) is 6.66. The van der Waals surface area contributed by atoms with Gasteiger partial charge in [0, 0.05) is 5.41 Å². The lowest BCUT2D eigenvalue weighted by Crippen LogP contribution is -2.57. The van der Waals surface area contributed by atoms with Crippen molar-refractivity contribution in [2.45, 2.75) is 116 Å². The third-order valence-corrected chi connectivity index (χ3v) is 23.6. The summed E-state index contributed by atoms with van der Waals surface area (Å²) in [5.74, 6) is 3.00. The van der Waals surface area contributed by atoms with Gasteiger partial charge in [0.15, 0.2) is 0 Å². The second-order valence-electron chi connectivity index (χ2n) is 13.4. The molecular weight excluding hydrogens is 377 g/mol. The summed E-state index contributed by atoms with van der Waals surface area (Å²) in [5, 5.41) is 2.36. The molecule has 4 aliphatic rings. The Bertz CT molecular complexity index is 569. The predicted octanol–water partition coefficient (Wildman–Crippen LogP) is 7.06. The van der Waals surface area contributed by atoms with Gasteiger partial charge in [-0.25, -0.2) is 0 Å². The fourth-order valence-electron chi connectivity index (χ4n) is 5.53. The first-order valence-electron chi connectivity index (χ1n) is 11.4. The van der Waals surface area contributed by atoms with Gasteiger partial charge in [0.05, 0.1) is 21.6 Å². The molecule has 0 N–H and O–H groups in total. The van der Waals surface area contributed by atoms with Gasteiger partial charge in [-0.3, -0.25) is 0 Å². The van der Waals surface area contributed by atoms with E-state index in [-0.39, 0.29) is 0 Å². The van der Waals surface area contributed by atoms with E-state index in [9.17, 15) is 0 Å². The molecule has 0 atom stereocenters. The van der Waals surface area contributed by atoms with Crippen LogP contribution in [0.5, 0.6) is 0 Å². The fourth-order valence-corrected chi connectivity index (χ4v) is 13.1. The molecule has 0 amide bonds. The van der Waals surface area contributed by atoms with Gasteiger partial charge < -0.3 is 4.43 Å². The monoisotopic (exact) mass is 421 g/mol. The van der Waals surface area contributed by atoms with Gasteiger partial charge >= 0.3 is 0 Å². The molecular formula is C23H45OSi3. The molecule has 0 heterocycles. The highest BCUT2D eigenvalue weighted by atomic mass is 29.2. The molecule has 0 unspecified atom stereocenters. The van der Waals surface area contributed by atoms with Gasteiger partial charge in [-0.15, -0.1) is 0 Å². The van der Waals surface area contributed by atoms with Crippen molar-refractivity contribution in [3.63, 3.8) is 0 Å². The van der Waals surface area contributed by atoms with Crippen molar-refractivity contribution < 1.29 is 4.43 Å². The van der Waals surface area contributed by atoms with E-state index in [1.165, 1.54) is 38.5 Å². The molecule has 4 aliphatic carbocycles. The highest BCUT2D eigenvalue weighted by molar-refractivity contribution is 7.26. The van der Waals surface area contributed by atoms with Crippen molar-refractivity contribution >= 4 is 29.9 Å². The van der Waals surface area contributed by atoms with Gasteiger partial charge in [0.25, 0.3) is 0 Å². The lowest BCUT2D eigenvalue weighted by Gasteiger charge is -2.59. The summed E-state index contributed by atoms with van der Waals surface area (Å²) in [5.41, 5.74) is 0.443. The molecule has 155 valence electrons. The van der Waals surface area contributed by atoms with Crippen molar-refractivity contribution in [1.82, 2.24) is 0 Å². The Labute approximate surface area is 173 Å². The molecule has 0 aromatic rings. The Morgan fingerprint density at radius 3 is 1.52 bits per heavy atom. The predicted molar refractivity (Wildman–Crippen MR) is 127 cm³/mol. The summed E-state index contributed by atoms with van der Waals surface area (Å²) < 4.78 is 7.32. The van der Waals surface area contributed by atoms with E-state index in [2.05, 4.69) is 67.7 Å². The van der Waals surface area contributed by atoms with Crippen molar-refractivity contribution in [3.05, 3.63) is 0 Å². The van der Waals surface area contributed by atoms with Crippen LogP contribution >= 0.6 is 0 Å². The molecule has 0 saturated heterocycles. The van der Waals surface area contributed by atoms with E-state index >= 15 is 0 Å². The van der Waals surface area contributed by atoms with Crippen LogP contribution in [-0.2, 0) is 4.43 Å². The van der Waals surface area contributed by atoms with E-state index in [4.69, 9.17) is 4.43 Å². The van der Waals surface area contributed by atoms with E-state index < -0.39 is 15.9 Å². The Morgan fingerprint density at radius 1 is 0.778 bits per heavy atom. The summed E-state index contributed by atoms with van der Waals surface area (Å²) in [7, 11) is -2.21. The van der Waals surface area contributed by atoms with Crippen LogP contribution in [0.15, 0.2) is 0 Å². The minimum Gasteiger partial charge on any atom is -0.551 e. The normalized spacial score (nSPS) is 34.9. The van der Waals surface area contributed by atoms with Crippen LogP contribution in [0.3, 0.4) is 0 Å². The van der Waals surface area contributed by atoms with Gasteiger partial charge in [0.1, 0.15) is 0 Å². The minimum atomic E-state index is -1.79. The van der Waals surface area contributed by atoms with Crippen molar-refractivity contribution in [3.8, 4) is 0 Å². The molecule has 0 aromatic carbocycles. The van der Waals surface area contributed by atoms with Gasteiger partial charge in [0.2, 0.25) is 8.32 Å². The van der Waals surface area contributed by atoms with E-state index in [1.807, 2.05) is 0 Å². The lowest BCUT2D eigenvalue weighted by atomic mass is 9.50. The lowest BCUT2D eigenvalue weighted by molar-refractivity contribution is -0.0184. The summed E-state index contributed by atoms with van der Waals surface area (Å²) in [6.07, 6.45) is 8.92. The van der Waals surface area contributed by atoms with E-state index in [1.54, 1.807) is 5.35 Å². The summed E-state index contributed by atoms with van der Waals surface area (Å²) in [6.45, 7) is 24.9. The van der Waals surface area contributed by atoms with Crippen LogP contribution in [0.25, 0.3) is 0 Å². The van der Waals surface area contributed by atoms with Gasteiger partial charge in [-0.05, 0) is 79.4 Å². The summed E-state index contributed by atoms with van der Waals surface area (Å²) in [4.78, 5) is 0. The highest BCUT2D eigenvalue weighted by Gasteiger charge is 2.55. The average Bonchev–Trinajstić information content (AvgIpc) is 2.42. The largest absolute Gasteiger partial charge is 0.551 e. The minimum absolute atomic E-state index is 0.290. The van der Waals surface area contributed by atoms with Crippen molar-refractivity contribution in [2.24, 2.45) is 23.2 Å². The molecule has 4 rings (SSSR count). The fraction of sp³-hybridized carbons (Fsp3) is 0.957. The Kier molecular flexibility index (Phi) is 5.43. The van der Waals surface area contributed by atoms with Gasteiger partial charge in [-0.2, -0.15) is 0 Å². The van der Waals surface area contributed by atoms with Crippen LogP contribution in [-0.4, -0.2) is 29.9 Å².